The van der Waals surface area contributed by atoms with E-state index in [1.165, 1.54) is 13.3 Å². The van der Waals surface area contributed by atoms with Crippen LogP contribution in [-0.4, -0.2) is 28.2 Å². The van der Waals surface area contributed by atoms with Crippen LogP contribution >= 0.6 is 0 Å². The minimum Gasteiger partial charge on any atom is -0.465 e. The summed E-state index contributed by atoms with van der Waals surface area (Å²) < 4.78 is 4.46. The van der Waals surface area contributed by atoms with E-state index in [0.717, 1.165) is 5.56 Å². The molecule has 0 aliphatic carbocycles. The molecule has 0 bridgehead atoms. The first-order chi connectivity index (χ1) is 9.56. The van der Waals surface area contributed by atoms with Gasteiger partial charge < -0.3 is 21.3 Å². The number of aliphatic hydroxyl groups excluding tert-OH is 1. The van der Waals surface area contributed by atoms with Crippen molar-refractivity contribution < 1.29 is 14.6 Å². The predicted molar refractivity (Wildman–Crippen MR) is 74.6 cm³/mol. The van der Waals surface area contributed by atoms with Crippen LogP contribution in [0.1, 0.15) is 15.9 Å². The number of carbonyl (C=O) groups excluding carboxylic acids is 1. The maximum Gasteiger partial charge on any atom is 0.339 e. The highest BCUT2D eigenvalue weighted by molar-refractivity contribution is 5.89. The van der Waals surface area contributed by atoms with Crippen molar-refractivity contribution in [2.75, 3.05) is 18.6 Å². The number of ether oxygens (including phenoxy) is 1. The Hall–Kier alpha value is -2.67. The van der Waals surface area contributed by atoms with Gasteiger partial charge in [0, 0.05) is 12.4 Å². The second-order valence-electron chi connectivity index (χ2n) is 3.71. The van der Waals surface area contributed by atoms with Gasteiger partial charge in [0.25, 0.3) is 0 Å². The van der Waals surface area contributed by atoms with E-state index >= 15 is 0 Å². The van der Waals surface area contributed by atoms with Gasteiger partial charge in [0.15, 0.2) is 0 Å². The predicted octanol–water partition coefficient (Wildman–Crippen LogP) is 0.606. The monoisotopic (exact) mass is 276 g/mol. The van der Waals surface area contributed by atoms with Crippen LogP contribution in [0.15, 0.2) is 36.7 Å². The molecule has 20 heavy (non-hydrogen) atoms. The van der Waals surface area contributed by atoms with Gasteiger partial charge in [-0.15, -0.1) is 0 Å². The van der Waals surface area contributed by atoms with Gasteiger partial charge in [-0.25, -0.2) is 14.8 Å². The van der Waals surface area contributed by atoms with Gasteiger partial charge in [0.1, 0.15) is 11.6 Å². The fourth-order valence-corrected chi connectivity index (χ4v) is 1.17. The summed E-state index contributed by atoms with van der Waals surface area (Å²) in [7, 11) is 1.32. The summed E-state index contributed by atoms with van der Waals surface area (Å²) in [6.07, 6.45) is 2.93. The summed E-state index contributed by atoms with van der Waals surface area (Å²) in [5.41, 5.74) is 11.8. The summed E-state index contributed by atoms with van der Waals surface area (Å²) in [6, 6.07) is 6.51. The van der Waals surface area contributed by atoms with E-state index in [4.69, 9.17) is 16.6 Å². The summed E-state index contributed by atoms with van der Waals surface area (Å²) in [5.74, 6) is 0.461. The molecule has 2 heterocycles. The maximum atomic E-state index is 10.8. The lowest BCUT2D eigenvalue weighted by atomic mass is 10.3. The molecule has 2 aromatic rings. The van der Waals surface area contributed by atoms with E-state index in [9.17, 15) is 4.79 Å². The molecule has 0 aromatic carbocycles. The van der Waals surface area contributed by atoms with Crippen LogP contribution in [0.3, 0.4) is 0 Å². The molecule has 0 saturated carbocycles. The molecule has 0 aliphatic heterocycles. The third-order valence-corrected chi connectivity index (χ3v) is 2.24. The zero-order valence-electron chi connectivity index (χ0n) is 11.0. The Bertz CT molecular complexity index is 541. The number of esters is 1. The molecule has 106 valence electrons. The molecule has 0 spiro atoms. The quantitative estimate of drug-likeness (QED) is 0.686. The number of aliphatic hydroxyl groups is 1. The molecule has 5 N–H and O–H groups in total. The average Bonchev–Trinajstić information content (AvgIpc) is 2.49. The molecule has 2 aromatic heterocycles. The van der Waals surface area contributed by atoms with Gasteiger partial charge in [-0.3, -0.25) is 0 Å². The van der Waals surface area contributed by atoms with E-state index in [1.807, 2.05) is 0 Å². The van der Waals surface area contributed by atoms with Crippen molar-refractivity contribution in [2.45, 2.75) is 6.61 Å². The molecular formula is C13H16N4O3. The molecule has 2 rings (SSSR count). The maximum absolute atomic E-state index is 10.8. The Balaban J connectivity index is 0.000000204. The number of methoxy groups -OCH3 is 1. The molecule has 0 radical (unpaired) electrons. The lowest BCUT2D eigenvalue weighted by Gasteiger charge is -1.97. The highest BCUT2D eigenvalue weighted by Crippen LogP contribution is 2.01. The Morgan fingerprint density at radius 1 is 1.15 bits per heavy atom. The third-order valence-electron chi connectivity index (χ3n) is 2.24. The Kier molecular flexibility index (Phi) is 5.92. The van der Waals surface area contributed by atoms with Crippen LogP contribution < -0.4 is 11.5 Å². The van der Waals surface area contributed by atoms with Crippen molar-refractivity contribution in [3.05, 3.63) is 47.8 Å². The first kappa shape index (κ1) is 15.4. The number of nitrogen functional groups attached to an aromatic ring is 2. The number of carbonyl (C=O) groups is 1. The second kappa shape index (κ2) is 7.70. The normalized spacial score (nSPS) is 9.30. The molecule has 0 atom stereocenters. The van der Waals surface area contributed by atoms with Crippen molar-refractivity contribution in [1.82, 2.24) is 9.97 Å². The largest absolute Gasteiger partial charge is 0.465 e. The van der Waals surface area contributed by atoms with Crippen LogP contribution in [0.2, 0.25) is 0 Å². The Morgan fingerprint density at radius 2 is 1.75 bits per heavy atom. The van der Waals surface area contributed by atoms with Gasteiger partial charge in [0.05, 0.1) is 19.3 Å². The first-order valence-electron chi connectivity index (χ1n) is 5.68. The number of aromatic nitrogens is 2. The minimum absolute atomic E-state index is 0.0211. The minimum atomic E-state index is -0.405. The summed E-state index contributed by atoms with van der Waals surface area (Å²) in [5, 5.41) is 8.55. The van der Waals surface area contributed by atoms with E-state index < -0.39 is 5.97 Å². The SMILES string of the molecule is COC(=O)c1ccc(N)nc1.Nc1ccc(CO)cn1. The van der Waals surface area contributed by atoms with Crippen LogP contribution in [0.25, 0.3) is 0 Å². The molecule has 7 heteroatoms. The van der Waals surface area contributed by atoms with E-state index in [2.05, 4.69) is 14.7 Å². The lowest BCUT2D eigenvalue weighted by molar-refractivity contribution is 0.0600. The molecule has 0 saturated heterocycles. The molecule has 0 fully saturated rings. The van der Waals surface area contributed by atoms with Gasteiger partial charge >= 0.3 is 5.97 Å². The molecule has 7 nitrogen and oxygen atoms in total. The number of hydrogen-bond acceptors (Lipinski definition) is 7. The second-order valence-corrected chi connectivity index (χ2v) is 3.71. The van der Waals surface area contributed by atoms with E-state index in [0.29, 0.717) is 17.2 Å². The number of nitrogens with two attached hydrogens (primary N) is 2. The van der Waals surface area contributed by atoms with Gasteiger partial charge in [0.2, 0.25) is 0 Å². The van der Waals surface area contributed by atoms with Crippen molar-refractivity contribution in [1.29, 1.82) is 0 Å². The number of pyridine rings is 2. The standard InChI is InChI=1S/C7H8N2O2.C6H8N2O/c1-11-7(10)5-2-3-6(8)9-4-5;7-6-2-1-5(4-9)3-8-6/h2-4H,1H3,(H2,8,9);1-3,9H,4H2,(H2,7,8). The summed E-state index contributed by atoms with van der Waals surface area (Å²) >= 11 is 0. The van der Waals surface area contributed by atoms with Gasteiger partial charge in [-0.2, -0.15) is 0 Å². The van der Waals surface area contributed by atoms with Crippen molar-refractivity contribution in [2.24, 2.45) is 0 Å². The number of anilines is 2. The third kappa shape index (κ3) is 4.91. The van der Waals surface area contributed by atoms with Crippen molar-refractivity contribution in [3.8, 4) is 0 Å². The smallest absolute Gasteiger partial charge is 0.339 e. The van der Waals surface area contributed by atoms with Gasteiger partial charge in [-0.1, -0.05) is 6.07 Å². The molecule has 0 aliphatic rings. The molecule has 0 unspecified atom stereocenters. The van der Waals surface area contributed by atoms with Crippen molar-refractivity contribution >= 4 is 17.6 Å². The van der Waals surface area contributed by atoms with Crippen LogP contribution in [0, 0.1) is 0 Å². The lowest BCUT2D eigenvalue weighted by Crippen LogP contribution is -2.02. The zero-order valence-corrected chi connectivity index (χ0v) is 11.0. The number of rotatable bonds is 2. The number of hydrogen-bond donors (Lipinski definition) is 3. The van der Waals surface area contributed by atoms with E-state index in [1.54, 1.807) is 30.5 Å². The van der Waals surface area contributed by atoms with E-state index in [-0.39, 0.29) is 6.61 Å². The number of nitrogens with zero attached hydrogens (tertiary/aromatic N) is 2. The summed E-state index contributed by atoms with van der Waals surface area (Å²) in [4.78, 5) is 18.3. The zero-order chi connectivity index (χ0) is 15.0. The van der Waals surface area contributed by atoms with Crippen LogP contribution in [0.5, 0.6) is 0 Å². The Morgan fingerprint density at radius 3 is 2.15 bits per heavy atom. The highest BCUT2D eigenvalue weighted by atomic mass is 16.5. The van der Waals surface area contributed by atoms with Crippen molar-refractivity contribution in [3.63, 3.8) is 0 Å². The molecule has 0 amide bonds. The molecular weight excluding hydrogens is 260 g/mol. The fourth-order valence-electron chi connectivity index (χ4n) is 1.17. The average molecular weight is 276 g/mol. The van der Waals surface area contributed by atoms with Crippen LogP contribution in [0.4, 0.5) is 11.6 Å². The fraction of sp³-hybridized carbons (Fsp3) is 0.154. The topological polar surface area (TPSA) is 124 Å². The highest BCUT2D eigenvalue weighted by Gasteiger charge is 2.03. The van der Waals surface area contributed by atoms with Crippen LogP contribution in [-0.2, 0) is 11.3 Å². The Labute approximate surface area is 116 Å². The summed E-state index contributed by atoms with van der Waals surface area (Å²) in [6.45, 7) is 0.0211. The van der Waals surface area contributed by atoms with Gasteiger partial charge in [-0.05, 0) is 23.8 Å². The first-order valence-corrected chi connectivity index (χ1v) is 5.68.